The van der Waals surface area contributed by atoms with Gasteiger partial charge in [-0.1, -0.05) is 111 Å². The maximum atomic E-state index is 14.1. The first-order valence-corrected chi connectivity index (χ1v) is 21.2. The normalized spacial score (nSPS) is 18.9. The van der Waals surface area contributed by atoms with Crippen molar-refractivity contribution in [1.82, 2.24) is 10.1 Å². The summed E-state index contributed by atoms with van der Waals surface area (Å²) in [5, 5.41) is 6.77. The average Bonchev–Trinajstić information content (AvgIpc) is 3.29. The van der Waals surface area contributed by atoms with Gasteiger partial charge < -0.3 is 29.0 Å². The number of rotatable bonds is 13. The minimum atomic E-state index is -4.43. The van der Waals surface area contributed by atoms with Crippen molar-refractivity contribution in [2.75, 3.05) is 6.61 Å². The van der Waals surface area contributed by atoms with Gasteiger partial charge in [-0.15, -0.1) is 5.10 Å². The summed E-state index contributed by atoms with van der Waals surface area (Å²) in [5.74, 6) is -4.89. The number of hydrogen-bond acceptors (Lipinski definition) is 13. The molecular weight excluding hydrogens is 831 g/mol. The van der Waals surface area contributed by atoms with Gasteiger partial charge in [0.15, 0.2) is 30.3 Å². The van der Waals surface area contributed by atoms with E-state index in [4.69, 9.17) is 23.7 Å². The fourth-order valence-corrected chi connectivity index (χ4v) is 6.95. The number of aryl methyl sites for hydroxylation is 1. The van der Waals surface area contributed by atoms with Gasteiger partial charge in [0.2, 0.25) is 5.91 Å². The summed E-state index contributed by atoms with van der Waals surface area (Å²) >= 11 is 0. The Morgan fingerprint density at radius 1 is 0.587 bits per heavy atom. The molecule has 1 aliphatic heterocycles. The van der Waals surface area contributed by atoms with Gasteiger partial charge in [0.25, 0.3) is 10.0 Å². The lowest BCUT2D eigenvalue weighted by molar-refractivity contribution is -0.213. The van der Waals surface area contributed by atoms with E-state index in [9.17, 15) is 32.4 Å². The van der Waals surface area contributed by atoms with Gasteiger partial charge >= 0.3 is 23.9 Å². The summed E-state index contributed by atoms with van der Waals surface area (Å²) in [6.07, 6.45) is -8.78. The highest BCUT2D eigenvalue weighted by molar-refractivity contribution is 7.89. The highest BCUT2D eigenvalue weighted by Gasteiger charge is 2.55. The van der Waals surface area contributed by atoms with Crippen LogP contribution in [0.3, 0.4) is 0 Å². The van der Waals surface area contributed by atoms with E-state index in [2.05, 4.69) is 15.2 Å². The molecule has 0 spiro atoms. The van der Waals surface area contributed by atoms with Crippen LogP contribution in [0.5, 0.6) is 0 Å². The lowest BCUT2D eigenvalue weighted by Crippen LogP contribution is -2.66. The molecule has 0 aromatic heterocycles. The second-order valence-corrected chi connectivity index (χ2v) is 17.0. The van der Waals surface area contributed by atoms with Crippen LogP contribution < -0.4 is 10.1 Å². The highest BCUT2D eigenvalue weighted by atomic mass is 32.2. The fourth-order valence-electron chi connectivity index (χ4n) is 6.13. The monoisotopic (exact) mass is 875 g/mol. The van der Waals surface area contributed by atoms with Crippen molar-refractivity contribution in [3.05, 3.63) is 173 Å². The second-order valence-electron chi connectivity index (χ2n) is 15.4. The zero-order chi connectivity index (χ0) is 45.1. The summed E-state index contributed by atoms with van der Waals surface area (Å²) < 4.78 is 58.0. The first kappa shape index (κ1) is 45.4. The topological polar surface area (TPSA) is 202 Å². The molecule has 326 valence electrons. The summed E-state index contributed by atoms with van der Waals surface area (Å²) in [4.78, 5) is 71.2. The molecule has 1 saturated heterocycles. The fraction of sp³-hybridized carbons (Fsp3) is 0.234. The van der Waals surface area contributed by atoms with E-state index in [1.165, 1.54) is 60.7 Å². The van der Waals surface area contributed by atoms with Crippen LogP contribution in [-0.2, 0) is 38.5 Å². The number of benzene rings is 5. The molecular formula is C47H45N3O12S. The number of carbonyl (C=O) groups is 5. The Hall–Kier alpha value is -7.17. The first-order chi connectivity index (χ1) is 30.1. The van der Waals surface area contributed by atoms with E-state index in [-0.39, 0.29) is 27.1 Å². The molecule has 2 unspecified atom stereocenters. The maximum Gasteiger partial charge on any atom is 0.338 e. The molecule has 1 fully saturated rings. The van der Waals surface area contributed by atoms with Crippen LogP contribution in [0.25, 0.3) is 0 Å². The molecule has 15 nitrogen and oxygen atoms in total. The molecule has 0 bridgehead atoms. The third-order valence-electron chi connectivity index (χ3n) is 9.59. The number of hydrazone groups is 1. The summed E-state index contributed by atoms with van der Waals surface area (Å²) in [6, 6.07) is 37.2. The van der Waals surface area contributed by atoms with E-state index < -0.39 is 88.2 Å². The number of sulfonamides is 1. The van der Waals surface area contributed by atoms with E-state index in [1.54, 1.807) is 113 Å². The van der Waals surface area contributed by atoms with Crippen LogP contribution in [0, 0.1) is 12.3 Å². The standard InChI is InChI=1S/C47H45N3O12S/c1-30-25-27-35(28-26-30)63(56,57)50-49-41(48-46(55)47(2,3)4)40-39(62-45(54)34-23-15-8-16-24-34)38(61-44(53)33-21-13-7-14-22-33)37(60-43(52)32-19-11-6-12-20-32)36(59-40)29-58-42(51)31-17-9-5-10-18-31/h5-28,36-40,50H,29H2,1-4H3,(H,48,49,55)/t36?,37-,38?,39+,40-/m1/s1. The van der Waals surface area contributed by atoms with Crippen molar-refractivity contribution >= 4 is 45.6 Å². The van der Waals surface area contributed by atoms with E-state index in [0.29, 0.717) is 0 Å². The van der Waals surface area contributed by atoms with Crippen molar-refractivity contribution in [3.63, 3.8) is 0 Å². The smallest absolute Gasteiger partial charge is 0.338 e. The van der Waals surface area contributed by atoms with Gasteiger partial charge in [0.1, 0.15) is 12.7 Å². The van der Waals surface area contributed by atoms with Gasteiger partial charge in [0, 0.05) is 5.41 Å². The lowest BCUT2D eigenvalue weighted by Gasteiger charge is -2.45. The number of nitrogens with zero attached hydrogens (tertiary/aromatic N) is 1. The Bertz CT molecular complexity index is 2530. The number of carbonyl (C=O) groups excluding carboxylic acids is 5. The molecule has 1 heterocycles. The van der Waals surface area contributed by atoms with Gasteiger partial charge in [-0.2, -0.15) is 13.2 Å². The number of hydrogen-bond donors (Lipinski definition) is 2. The molecule has 0 aliphatic carbocycles. The maximum absolute atomic E-state index is 14.1. The Morgan fingerprint density at radius 2 is 1.00 bits per heavy atom. The van der Waals surface area contributed by atoms with Crippen LogP contribution in [0.2, 0.25) is 0 Å². The molecule has 6 rings (SSSR count). The number of ether oxygens (including phenoxy) is 5. The summed E-state index contributed by atoms with van der Waals surface area (Å²) in [7, 11) is -4.43. The molecule has 1 aliphatic rings. The third-order valence-corrected chi connectivity index (χ3v) is 10.8. The van der Waals surface area contributed by atoms with Crippen molar-refractivity contribution < 1.29 is 56.1 Å². The van der Waals surface area contributed by atoms with Crippen molar-refractivity contribution in [2.45, 2.75) is 63.1 Å². The molecule has 2 N–H and O–H groups in total. The molecule has 1 amide bonds. The molecule has 0 saturated carbocycles. The van der Waals surface area contributed by atoms with Gasteiger partial charge in [-0.05, 0) is 67.6 Å². The zero-order valence-electron chi connectivity index (χ0n) is 34.7. The Morgan fingerprint density at radius 3 is 1.44 bits per heavy atom. The van der Waals surface area contributed by atoms with Crippen LogP contribution in [0.1, 0.15) is 67.8 Å². The van der Waals surface area contributed by atoms with Gasteiger partial charge in [-0.3, -0.25) is 4.79 Å². The first-order valence-electron chi connectivity index (χ1n) is 19.7. The number of amides is 1. The quantitative estimate of drug-likeness (QED) is 0.0457. The Kier molecular flexibility index (Phi) is 14.5. The number of esters is 4. The van der Waals surface area contributed by atoms with E-state index in [0.717, 1.165) is 5.56 Å². The molecule has 0 radical (unpaired) electrons. The molecule has 5 aromatic carbocycles. The number of nitrogens with one attached hydrogen (secondary N) is 2. The van der Waals surface area contributed by atoms with Crippen molar-refractivity contribution in [1.29, 1.82) is 0 Å². The molecule has 63 heavy (non-hydrogen) atoms. The SMILES string of the molecule is Cc1ccc(S(=O)(=O)NN=C(NC(=O)C(C)(C)C)[C@@H]2OC(COC(=O)c3ccccc3)[C@@H](OC(=O)c3ccccc3)C(OC(=O)c3ccccc3)[C@@H]2OC(=O)c2ccccc2)cc1. The second kappa shape index (κ2) is 20.1. The van der Waals surface area contributed by atoms with E-state index in [1.807, 2.05) is 0 Å². The molecule has 5 atom stereocenters. The summed E-state index contributed by atoms with van der Waals surface area (Å²) in [6.45, 7) is 5.85. The van der Waals surface area contributed by atoms with Crippen molar-refractivity contribution in [2.24, 2.45) is 10.5 Å². The van der Waals surface area contributed by atoms with E-state index >= 15 is 0 Å². The third kappa shape index (κ3) is 11.8. The predicted molar refractivity (Wildman–Crippen MR) is 229 cm³/mol. The molecule has 16 heteroatoms. The van der Waals surface area contributed by atoms with Crippen LogP contribution in [0.15, 0.2) is 156 Å². The lowest BCUT2D eigenvalue weighted by atomic mass is 9.92. The number of amidine groups is 1. The van der Waals surface area contributed by atoms with Crippen LogP contribution in [-0.4, -0.2) is 81.2 Å². The van der Waals surface area contributed by atoms with Gasteiger partial charge in [0.05, 0.1) is 27.1 Å². The molecule has 5 aromatic rings. The highest BCUT2D eigenvalue weighted by Crippen LogP contribution is 2.32. The summed E-state index contributed by atoms with van der Waals surface area (Å²) in [5.41, 5.74) is -0.00987. The minimum Gasteiger partial charge on any atom is -0.459 e. The van der Waals surface area contributed by atoms with Crippen LogP contribution >= 0.6 is 0 Å². The predicted octanol–water partition coefficient (Wildman–Crippen LogP) is 6.05. The largest absolute Gasteiger partial charge is 0.459 e. The Labute approximate surface area is 364 Å². The Balaban J connectivity index is 1.53. The van der Waals surface area contributed by atoms with Gasteiger partial charge in [-0.25, -0.2) is 19.2 Å². The van der Waals surface area contributed by atoms with Crippen LogP contribution in [0.4, 0.5) is 0 Å². The van der Waals surface area contributed by atoms with Crippen molar-refractivity contribution in [3.8, 4) is 0 Å². The zero-order valence-corrected chi connectivity index (χ0v) is 35.5. The minimum absolute atomic E-state index is 0.0402. The average molecular weight is 876 g/mol.